The third-order valence-corrected chi connectivity index (χ3v) is 4.16. The van der Waals surface area contributed by atoms with Crippen LogP contribution in [0.1, 0.15) is 41.5 Å². The second kappa shape index (κ2) is 5.56. The molecule has 0 unspecified atom stereocenters. The fourth-order valence-electron chi connectivity index (χ4n) is 3.18. The van der Waals surface area contributed by atoms with Crippen LogP contribution in [0.25, 0.3) is 0 Å². The molecule has 5 heteroatoms. The molecule has 3 rings (SSSR count). The highest BCUT2D eigenvalue weighted by molar-refractivity contribution is 5.27. The van der Waals surface area contributed by atoms with Gasteiger partial charge >= 0.3 is 0 Å². The van der Waals surface area contributed by atoms with Gasteiger partial charge in [-0.15, -0.1) is 0 Å². The van der Waals surface area contributed by atoms with E-state index in [2.05, 4.69) is 10.1 Å². The maximum absolute atomic E-state index is 13.3. The first-order chi connectivity index (χ1) is 10.1. The van der Waals surface area contributed by atoms with Crippen molar-refractivity contribution in [2.24, 2.45) is 0 Å². The molecular formula is C16H18F2N2O. The number of benzene rings is 1. The Balaban J connectivity index is 1.83. The van der Waals surface area contributed by atoms with Gasteiger partial charge in [-0.1, -0.05) is 11.2 Å². The van der Waals surface area contributed by atoms with Crippen LogP contribution < -0.4 is 0 Å². The Labute approximate surface area is 122 Å². The largest absolute Gasteiger partial charge is 0.361 e. The summed E-state index contributed by atoms with van der Waals surface area (Å²) in [5.74, 6) is -0.752. The summed E-state index contributed by atoms with van der Waals surface area (Å²) in [6.07, 6.45) is 2.12. The van der Waals surface area contributed by atoms with Gasteiger partial charge in [-0.2, -0.15) is 0 Å². The van der Waals surface area contributed by atoms with E-state index in [1.54, 1.807) is 6.07 Å². The minimum Gasteiger partial charge on any atom is -0.361 e. The highest BCUT2D eigenvalue weighted by Gasteiger charge is 2.30. The molecule has 2 heterocycles. The molecular weight excluding hydrogens is 274 g/mol. The number of halogens is 2. The molecule has 3 nitrogen and oxygen atoms in total. The summed E-state index contributed by atoms with van der Waals surface area (Å²) in [6, 6.07) is 4.34. The molecule has 1 atom stereocenters. The topological polar surface area (TPSA) is 29.3 Å². The predicted octanol–water partition coefficient (Wildman–Crippen LogP) is 3.91. The Hall–Kier alpha value is -1.75. The Morgan fingerprint density at radius 2 is 2.10 bits per heavy atom. The highest BCUT2D eigenvalue weighted by Crippen LogP contribution is 2.36. The van der Waals surface area contributed by atoms with Crippen molar-refractivity contribution in [2.75, 3.05) is 6.54 Å². The second-order valence-corrected chi connectivity index (χ2v) is 5.61. The Bertz CT molecular complexity index is 634. The number of aryl methyl sites for hydroxylation is 2. The number of nitrogens with zero attached hydrogens (tertiary/aromatic N) is 2. The molecule has 1 aliphatic heterocycles. The minimum atomic E-state index is -0.803. The van der Waals surface area contributed by atoms with E-state index in [4.69, 9.17) is 4.52 Å². The average Bonchev–Trinajstić information content (AvgIpc) is 3.01. The molecule has 0 aliphatic carbocycles. The monoisotopic (exact) mass is 292 g/mol. The number of rotatable bonds is 3. The summed E-state index contributed by atoms with van der Waals surface area (Å²) in [4.78, 5) is 2.28. The Morgan fingerprint density at radius 1 is 1.29 bits per heavy atom. The van der Waals surface area contributed by atoms with Crippen molar-refractivity contribution in [2.45, 2.75) is 39.3 Å². The van der Waals surface area contributed by atoms with Crippen LogP contribution in [0.5, 0.6) is 0 Å². The fraction of sp³-hybridized carbons (Fsp3) is 0.438. The van der Waals surface area contributed by atoms with E-state index in [9.17, 15) is 8.78 Å². The van der Waals surface area contributed by atoms with Gasteiger partial charge in [0.15, 0.2) is 11.6 Å². The average molecular weight is 292 g/mol. The first kappa shape index (κ1) is 14.2. The van der Waals surface area contributed by atoms with E-state index in [1.165, 1.54) is 12.1 Å². The molecule has 1 aliphatic rings. The normalized spacial score (nSPS) is 19.3. The molecule has 2 aromatic rings. The lowest BCUT2D eigenvalue weighted by Gasteiger charge is -2.24. The molecule has 0 amide bonds. The SMILES string of the molecule is Cc1noc(C)c1[C@H]1CCCN1Cc1ccc(F)c(F)c1. The molecule has 0 N–H and O–H groups in total. The van der Waals surface area contributed by atoms with E-state index in [-0.39, 0.29) is 6.04 Å². The molecule has 1 saturated heterocycles. The van der Waals surface area contributed by atoms with Crippen molar-refractivity contribution in [1.82, 2.24) is 10.1 Å². The minimum absolute atomic E-state index is 0.240. The second-order valence-electron chi connectivity index (χ2n) is 5.61. The number of hydrogen-bond donors (Lipinski definition) is 0. The number of likely N-dealkylation sites (tertiary alicyclic amines) is 1. The van der Waals surface area contributed by atoms with E-state index < -0.39 is 11.6 Å². The fourth-order valence-corrected chi connectivity index (χ4v) is 3.18. The van der Waals surface area contributed by atoms with Gasteiger partial charge in [-0.25, -0.2) is 8.78 Å². The van der Waals surface area contributed by atoms with Crippen molar-refractivity contribution in [1.29, 1.82) is 0 Å². The van der Waals surface area contributed by atoms with Crippen LogP contribution in [0.3, 0.4) is 0 Å². The number of aromatic nitrogens is 1. The molecule has 0 radical (unpaired) electrons. The Kier molecular flexibility index (Phi) is 3.76. The lowest BCUT2D eigenvalue weighted by molar-refractivity contribution is 0.245. The van der Waals surface area contributed by atoms with E-state index in [0.29, 0.717) is 6.54 Å². The van der Waals surface area contributed by atoms with Gasteiger partial charge in [0.2, 0.25) is 0 Å². The van der Waals surface area contributed by atoms with Gasteiger partial charge in [-0.05, 0) is 50.9 Å². The first-order valence-electron chi connectivity index (χ1n) is 7.17. The van der Waals surface area contributed by atoms with Crippen molar-refractivity contribution in [3.63, 3.8) is 0 Å². The molecule has 1 fully saturated rings. The molecule has 0 bridgehead atoms. The van der Waals surface area contributed by atoms with Gasteiger partial charge < -0.3 is 4.52 Å². The van der Waals surface area contributed by atoms with Crippen molar-refractivity contribution in [3.05, 3.63) is 52.4 Å². The smallest absolute Gasteiger partial charge is 0.159 e. The highest BCUT2D eigenvalue weighted by atomic mass is 19.2. The van der Waals surface area contributed by atoms with E-state index >= 15 is 0 Å². The molecule has 1 aromatic heterocycles. The third kappa shape index (κ3) is 2.70. The lowest BCUT2D eigenvalue weighted by atomic mass is 10.0. The van der Waals surface area contributed by atoms with Gasteiger partial charge in [0.05, 0.1) is 5.69 Å². The van der Waals surface area contributed by atoms with Crippen LogP contribution in [0.2, 0.25) is 0 Å². The Morgan fingerprint density at radius 3 is 2.76 bits per heavy atom. The number of hydrogen-bond acceptors (Lipinski definition) is 3. The predicted molar refractivity (Wildman–Crippen MR) is 74.7 cm³/mol. The van der Waals surface area contributed by atoms with Crippen LogP contribution in [0, 0.1) is 25.5 Å². The maximum atomic E-state index is 13.3. The van der Waals surface area contributed by atoms with Gasteiger partial charge in [-0.3, -0.25) is 4.90 Å². The molecule has 1 aromatic carbocycles. The van der Waals surface area contributed by atoms with Crippen molar-refractivity contribution < 1.29 is 13.3 Å². The van der Waals surface area contributed by atoms with Crippen molar-refractivity contribution >= 4 is 0 Å². The van der Waals surface area contributed by atoms with Crippen LogP contribution in [-0.2, 0) is 6.54 Å². The van der Waals surface area contributed by atoms with Gasteiger partial charge in [0.25, 0.3) is 0 Å². The summed E-state index contributed by atoms with van der Waals surface area (Å²) in [5, 5.41) is 4.02. The summed E-state index contributed by atoms with van der Waals surface area (Å²) < 4.78 is 31.6. The maximum Gasteiger partial charge on any atom is 0.159 e. The zero-order valence-electron chi connectivity index (χ0n) is 12.2. The van der Waals surface area contributed by atoms with Crippen LogP contribution >= 0.6 is 0 Å². The van der Waals surface area contributed by atoms with Gasteiger partial charge in [0, 0.05) is 18.2 Å². The van der Waals surface area contributed by atoms with Crippen molar-refractivity contribution in [3.8, 4) is 0 Å². The van der Waals surface area contributed by atoms with Crippen LogP contribution in [0.15, 0.2) is 22.7 Å². The molecule has 112 valence electrons. The van der Waals surface area contributed by atoms with Gasteiger partial charge in [0.1, 0.15) is 5.76 Å². The third-order valence-electron chi connectivity index (χ3n) is 4.16. The van der Waals surface area contributed by atoms with Crippen LogP contribution in [-0.4, -0.2) is 16.6 Å². The zero-order chi connectivity index (χ0) is 15.0. The summed E-state index contributed by atoms with van der Waals surface area (Å²) in [7, 11) is 0. The van der Waals surface area contributed by atoms with Crippen LogP contribution in [0.4, 0.5) is 8.78 Å². The van der Waals surface area contributed by atoms with E-state index in [0.717, 1.165) is 42.0 Å². The molecule has 0 spiro atoms. The summed E-state index contributed by atoms with van der Waals surface area (Å²) in [6.45, 7) is 5.41. The van der Waals surface area contributed by atoms with E-state index in [1.807, 2.05) is 13.8 Å². The first-order valence-corrected chi connectivity index (χ1v) is 7.17. The summed E-state index contributed by atoms with van der Waals surface area (Å²) in [5.41, 5.74) is 2.83. The molecule has 21 heavy (non-hydrogen) atoms. The summed E-state index contributed by atoms with van der Waals surface area (Å²) >= 11 is 0. The lowest BCUT2D eigenvalue weighted by Crippen LogP contribution is -2.23. The zero-order valence-corrected chi connectivity index (χ0v) is 12.2. The quantitative estimate of drug-likeness (QED) is 0.859. The standard InChI is InChI=1S/C16H18F2N2O/c1-10-16(11(2)21-19-10)15-4-3-7-20(15)9-12-5-6-13(17)14(18)8-12/h5-6,8,15H,3-4,7,9H2,1-2H3/t15-/m1/s1. The molecule has 0 saturated carbocycles.